The molecule has 1 saturated heterocycles. The van der Waals surface area contributed by atoms with E-state index in [1.807, 2.05) is 0 Å². The fourth-order valence-electron chi connectivity index (χ4n) is 3.34. The van der Waals surface area contributed by atoms with E-state index in [2.05, 4.69) is 10.6 Å². The first-order valence-electron chi connectivity index (χ1n) is 9.63. The number of rotatable bonds is 6. The first-order chi connectivity index (χ1) is 15.6. The fourth-order valence-corrected chi connectivity index (χ4v) is 4.03. The van der Waals surface area contributed by atoms with E-state index in [-0.39, 0.29) is 9.87 Å². The second kappa shape index (κ2) is 8.48. The van der Waals surface area contributed by atoms with Crippen molar-refractivity contribution in [3.05, 3.63) is 82.2 Å². The summed E-state index contributed by atoms with van der Waals surface area (Å²) in [6, 6.07) is 13.5. The van der Waals surface area contributed by atoms with Crippen LogP contribution in [0.3, 0.4) is 0 Å². The number of amides is 3. The number of hydrogen-bond donors (Lipinski definition) is 3. The van der Waals surface area contributed by atoms with E-state index >= 15 is 0 Å². The molecule has 1 fully saturated rings. The van der Waals surface area contributed by atoms with Crippen LogP contribution >= 0.6 is 0 Å². The quantitative estimate of drug-likeness (QED) is 0.264. The molecule has 4 rings (SSSR count). The van der Waals surface area contributed by atoms with Gasteiger partial charge >= 0.3 is 15.9 Å². The van der Waals surface area contributed by atoms with Gasteiger partial charge in [-0.3, -0.25) is 18.9 Å². The molecule has 170 valence electrons. The van der Waals surface area contributed by atoms with Crippen LogP contribution in [0.25, 0.3) is 11.0 Å². The summed E-state index contributed by atoms with van der Waals surface area (Å²) in [5.41, 5.74) is -0.564. The van der Waals surface area contributed by atoms with Crippen molar-refractivity contribution in [2.45, 2.75) is 12.1 Å². The summed E-state index contributed by atoms with van der Waals surface area (Å²) in [6.45, 7) is -0.451. The Morgan fingerprint density at radius 2 is 1.73 bits per heavy atom. The van der Waals surface area contributed by atoms with E-state index in [1.54, 1.807) is 54.6 Å². The standard InChI is InChI=1S/C21H17N3O8S/c25-18(14-10-13-8-4-5-9-16(13)32-21(14)28)23-17(12-6-2-1-3-7-12)19(26)22-15-11-24(20(15)27)33(29,30)31/h1-10,15,17H,11H2,(H,22,26)(H,23,25)(H,29,30,31). The van der Waals surface area contributed by atoms with Crippen molar-refractivity contribution < 1.29 is 31.8 Å². The molecule has 0 aliphatic carbocycles. The van der Waals surface area contributed by atoms with Crippen molar-refractivity contribution in [2.24, 2.45) is 0 Å². The molecule has 3 N–H and O–H groups in total. The number of fused-ring (bicyclic) bond motifs is 1. The maximum absolute atomic E-state index is 12.9. The van der Waals surface area contributed by atoms with Crippen molar-refractivity contribution in [1.82, 2.24) is 14.9 Å². The molecule has 0 radical (unpaired) electrons. The summed E-state index contributed by atoms with van der Waals surface area (Å²) in [5.74, 6) is -2.70. The van der Waals surface area contributed by atoms with Crippen LogP contribution in [0.15, 0.2) is 69.9 Å². The Bertz CT molecular complexity index is 1420. The monoisotopic (exact) mass is 471 g/mol. The number of β-lactam (4-membered cyclic amide) rings is 1. The molecule has 2 atom stereocenters. The van der Waals surface area contributed by atoms with E-state index in [9.17, 15) is 27.6 Å². The van der Waals surface area contributed by atoms with Gasteiger partial charge in [0.1, 0.15) is 23.2 Å². The highest BCUT2D eigenvalue weighted by molar-refractivity contribution is 7.84. The Balaban J connectivity index is 1.58. The van der Waals surface area contributed by atoms with Crippen LogP contribution < -0.4 is 16.3 Å². The molecule has 1 aliphatic rings. The summed E-state index contributed by atoms with van der Waals surface area (Å²) in [7, 11) is -4.72. The van der Waals surface area contributed by atoms with Crippen LogP contribution in [0.1, 0.15) is 22.0 Å². The zero-order valence-corrected chi connectivity index (χ0v) is 17.6. The van der Waals surface area contributed by atoms with Crippen LogP contribution in [-0.2, 0) is 19.9 Å². The van der Waals surface area contributed by atoms with Gasteiger partial charge in [-0.25, -0.2) is 9.10 Å². The van der Waals surface area contributed by atoms with E-state index in [0.29, 0.717) is 16.5 Å². The molecular weight excluding hydrogens is 454 g/mol. The molecule has 2 aromatic carbocycles. The van der Waals surface area contributed by atoms with Gasteiger partial charge in [-0.15, -0.1) is 0 Å². The number of nitrogens with one attached hydrogen (secondary N) is 2. The number of hydrogen-bond acceptors (Lipinski definition) is 7. The lowest BCUT2D eigenvalue weighted by molar-refractivity contribution is -0.141. The Labute approximate surface area is 186 Å². The van der Waals surface area contributed by atoms with Gasteiger partial charge in [0.25, 0.3) is 11.8 Å². The Kier molecular flexibility index (Phi) is 5.70. The van der Waals surface area contributed by atoms with E-state index in [4.69, 9.17) is 8.97 Å². The number of para-hydroxylation sites is 1. The van der Waals surface area contributed by atoms with Gasteiger partial charge in [0.15, 0.2) is 0 Å². The van der Waals surface area contributed by atoms with Gasteiger partial charge in [-0.2, -0.15) is 8.42 Å². The highest BCUT2D eigenvalue weighted by atomic mass is 32.2. The zero-order chi connectivity index (χ0) is 23.8. The lowest BCUT2D eigenvalue weighted by Crippen LogP contribution is -2.66. The molecule has 2 unspecified atom stereocenters. The Morgan fingerprint density at radius 1 is 1.06 bits per heavy atom. The summed E-state index contributed by atoms with van der Waals surface area (Å²) < 4.78 is 36.5. The lowest BCUT2D eigenvalue weighted by Gasteiger charge is -2.36. The third kappa shape index (κ3) is 4.47. The molecule has 2 heterocycles. The number of carbonyl (C=O) groups is 3. The average molecular weight is 471 g/mol. The topological polar surface area (TPSA) is 163 Å². The molecule has 0 saturated carbocycles. The maximum atomic E-state index is 12.9. The first kappa shape index (κ1) is 22.2. The highest BCUT2D eigenvalue weighted by Gasteiger charge is 2.45. The molecule has 0 spiro atoms. The van der Waals surface area contributed by atoms with Gasteiger partial charge in [0.05, 0.1) is 6.54 Å². The van der Waals surface area contributed by atoms with Gasteiger partial charge < -0.3 is 15.1 Å². The first-order valence-corrected chi connectivity index (χ1v) is 11.0. The van der Waals surface area contributed by atoms with Crippen molar-refractivity contribution in [1.29, 1.82) is 0 Å². The largest absolute Gasteiger partial charge is 0.422 e. The second-order valence-electron chi connectivity index (χ2n) is 7.21. The van der Waals surface area contributed by atoms with Gasteiger partial charge in [0.2, 0.25) is 5.91 Å². The lowest BCUT2D eigenvalue weighted by atomic mass is 10.0. The number of nitrogens with zero attached hydrogens (tertiary/aromatic N) is 1. The van der Waals surface area contributed by atoms with E-state index in [1.165, 1.54) is 6.07 Å². The SMILES string of the molecule is O=C(NC(C(=O)NC1CN(S(=O)(=O)O)C1=O)c1ccccc1)c1cc2ccccc2oc1=O. The summed E-state index contributed by atoms with van der Waals surface area (Å²) in [6.07, 6.45) is 0. The van der Waals surface area contributed by atoms with Crippen molar-refractivity contribution in [2.75, 3.05) is 6.54 Å². The van der Waals surface area contributed by atoms with Crippen LogP contribution in [-0.4, -0.2) is 47.6 Å². The van der Waals surface area contributed by atoms with Crippen LogP contribution in [0, 0.1) is 0 Å². The molecule has 33 heavy (non-hydrogen) atoms. The smallest absolute Gasteiger partial charge is 0.362 e. The predicted molar refractivity (Wildman–Crippen MR) is 114 cm³/mol. The molecule has 12 heteroatoms. The van der Waals surface area contributed by atoms with Gasteiger partial charge in [-0.05, 0) is 17.7 Å². The summed E-state index contributed by atoms with van der Waals surface area (Å²) in [4.78, 5) is 50.0. The van der Waals surface area contributed by atoms with Crippen molar-refractivity contribution >= 4 is 39.0 Å². The molecule has 3 aromatic rings. The minimum atomic E-state index is -4.72. The van der Waals surface area contributed by atoms with Gasteiger partial charge in [-0.1, -0.05) is 48.5 Å². The minimum Gasteiger partial charge on any atom is -0.422 e. The van der Waals surface area contributed by atoms with Crippen LogP contribution in [0.2, 0.25) is 0 Å². The number of benzene rings is 2. The third-order valence-corrected chi connectivity index (χ3v) is 5.93. The fraction of sp³-hybridized carbons (Fsp3) is 0.143. The van der Waals surface area contributed by atoms with Crippen LogP contribution in [0.5, 0.6) is 0 Å². The van der Waals surface area contributed by atoms with Crippen LogP contribution in [0.4, 0.5) is 0 Å². The zero-order valence-electron chi connectivity index (χ0n) is 16.8. The number of carbonyl (C=O) groups excluding carboxylic acids is 3. The third-order valence-electron chi connectivity index (χ3n) is 5.04. The minimum absolute atomic E-state index is 0.203. The average Bonchev–Trinajstić information content (AvgIpc) is 2.78. The highest BCUT2D eigenvalue weighted by Crippen LogP contribution is 2.19. The summed E-state index contributed by atoms with van der Waals surface area (Å²) in [5, 5.41) is 5.31. The molecule has 11 nitrogen and oxygen atoms in total. The predicted octanol–water partition coefficient (Wildman–Crippen LogP) is 0.394. The molecule has 0 bridgehead atoms. The van der Waals surface area contributed by atoms with Crippen molar-refractivity contribution in [3.63, 3.8) is 0 Å². The molecule has 1 aliphatic heterocycles. The Morgan fingerprint density at radius 3 is 2.39 bits per heavy atom. The molecule has 3 amide bonds. The van der Waals surface area contributed by atoms with Crippen molar-refractivity contribution in [3.8, 4) is 0 Å². The maximum Gasteiger partial charge on any atom is 0.362 e. The normalized spacial score (nSPS) is 16.7. The van der Waals surface area contributed by atoms with Gasteiger partial charge in [0, 0.05) is 5.39 Å². The van der Waals surface area contributed by atoms with E-state index < -0.39 is 52.3 Å². The Hall–Kier alpha value is -4.03. The molecule has 1 aromatic heterocycles. The van der Waals surface area contributed by atoms with E-state index in [0.717, 1.165) is 0 Å². The summed E-state index contributed by atoms with van der Waals surface area (Å²) >= 11 is 0. The molecular formula is C21H17N3O8S. The second-order valence-corrected chi connectivity index (χ2v) is 8.55.